The number of carbonyl (C=O) groups excluding carboxylic acids is 1. The van der Waals surface area contributed by atoms with Gasteiger partial charge in [-0.25, -0.2) is 8.42 Å². The van der Waals surface area contributed by atoms with Gasteiger partial charge in [-0.1, -0.05) is 6.07 Å². The zero-order chi connectivity index (χ0) is 20.0. The van der Waals surface area contributed by atoms with Crippen molar-refractivity contribution in [1.29, 1.82) is 0 Å². The molecule has 0 N–H and O–H groups in total. The number of likely N-dealkylation sites (tertiary alicyclic amines) is 1. The molecule has 4 heterocycles. The molecule has 9 heteroatoms. The molecule has 2 saturated heterocycles. The highest BCUT2D eigenvalue weighted by atomic mass is 32.2. The number of carbonyl (C=O) groups is 1. The summed E-state index contributed by atoms with van der Waals surface area (Å²) < 4.78 is 27.6. The normalized spacial score (nSPS) is 21.2. The van der Waals surface area contributed by atoms with Crippen LogP contribution >= 0.6 is 0 Å². The maximum absolute atomic E-state index is 13.2. The number of pyridine rings is 1. The number of hydrogen-bond acceptors (Lipinski definition) is 5. The molecule has 8 nitrogen and oxygen atoms in total. The monoisotopic (exact) mass is 411 g/mol. The Kier molecular flexibility index (Phi) is 4.27. The maximum atomic E-state index is 13.2. The van der Waals surface area contributed by atoms with Gasteiger partial charge in [0, 0.05) is 24.8 Å². The predicted octanol–water partition coefficient (Wildman–Crippen LogP) is 2.25. The second-order valence-electron chi connectivity index (χ2n) is 7.43. The number of sulfonamides is 1. The van der Waals surface area contributed by atoms with Gasteiger partial charge in [0.2, 0.25) is 10.0 Å². The molecule has 1 aromatic carbocycles. The van der Waals surface area contributed by atoms with Crippen LogP contribution in [0.3, 0.4) is 0 Å². The second kappa shape index (κ2) is 6.84. The zero-order valence-corrected chi connectivity index (χ0v) is 16.6. The first-order chi connectivity index (χ1) is 14.0. The minimum absolute atomic E-state index is 0.0731. The number of benzene rings is 1. The van der Waals surface area contributed by atoms with Gasteiger partial charge in [-0.3, -0.25) is 13.5 Å². The Hall–Kier alpha value is -2.94. The molecular weight excluding hydrogens is 390 g/mol. The molecule has 2 fully saturated rings. The molecule has 150 valence electrons. The van der Waals surface area contributed by atoms with Crippen molar-refractivity contribution < 1.29 is 13.2 Å². The molecule has 2 aromatic heterocycles. The van der Waals surface area contributed by atoms with Crippen molar-refractivity contribution in [3.63, 3.8) is 0 Å². The van der Waals surface area contributed by atoms with Gasteiger partial charge in [0.15, 0.2) is 11.5 Å². The van der Waals surface area contributed by atoms with Crippen LogP contribution in [0.2, 0.25) is 0 Å². The van der Waals surface area contributed by atoms with Crippen molar-refractivity contribution in [3.05, 3.63) is 60.0 Å². The molecule has 0 saturated carbocycles. The highest BCUT2D eigenvalue weighted by Gasteiger charge is 2.34. The van der Waals surface area contributed by atoms with Crippen molar-refractivity contribution >= 4 is 27.3 Å². The molecule has 0 radical (unpaired) electrons. The van der Waals surface area contributed by atoms with Crippen molar-refractivity contribution in [2.24, 2.45) is 0 Å². The van der Waals surface area contributed by atoms with Crippen LogP contribution < -0.4 is 4.31 Å². The smallest absolute Gasteiger partial charge is 0.254 e. The number of fused-ring (bicyclic) bond motifs is 1. The van der Waals surface area contributed by atoms with Crippen molar-refractivity contribution in [1.82, 2.24) is 19.5 Å². The highest BCUT2D eigenvalue weighted by Crippen LogP contribution is 2.33. The summed E-state index contributed by atoms with van der Waals surface area (Å²) in [6.07, 6.45) is 4.29. The Morgan fingerprint density at radius 1 is 1.00 bits per heavy atom. The van der Waals surface area contributed by atoms with Gasteiger partial charge in [0.05, 0.1) is 17.5 Å². The Labute approximate surface area is 168 Å². The lowest BCUT2D eigenvalue weighted by atomic mass is 10.1. The Bertz CT molecular complexity index is 1170. The second-order valence-corrected chi connectivity index (χ2v) is 9.45. The first-order valence-corrected chi connectivity index (χ1v) is 11.4. The molecule has 29 heavy (non-hydrogen) atoms. The van der Waals surface area contributed by atoms with Crippen LogP contribution in [0.1, 0.15) is 41.5 Å². The lowest BCUT2D eigenvalue weighted by Gasteiger charge is -2.24. The summed E-state index contributed by atoms with van der Waals surface area (Å²) in [5.74, 6) is 0.873. The van der Waals surface area contributed by atoms with Crippen LogP contribution in [-0.4, -0.2) is 52.7 Å². The average Bonchev–Trinajstić information content (AvgIpc) is 3.44. The van der Waals surface area contributed by atoms with E-state index in [0.29, 0.717) is 30.8 Å². The molecule has 5 rings (SSSR count). The SMILES string of the molecule is O=C(c1ccc(N2CCCS2(=O)=O)cc1)N1CCC[C@H]1c1nnc2ccccn12. The van der Waals surface area contributed by atoms with E-state index in [1.54, 1.807) is 24.3 Å². The molecule has 1 amide bonds. The quantitative estimate of drug-likeness (QED) is 0.660. The summed E-state index contributed by atoms with van der Waals surface area (Å²) >= 11 is 0. The van der Waals surface area contributed by atoms with Crippen LogP contribution in [0.25, 0.3) is 5.65 Å². The first-order valence-electron chi connectivity index (χ1n) is 9.76. The fraction of sp³-hybridized carbons (Fsp3) is 0.350. The van der Waals surface area contributed by atoms with E-state index >= 15 is 0 Å². The van der Waals surface area contributed by atoms with Gasteiger partial charge in [-0.2, -0.15) is 0 Å². The fourth-order valence-electron chi connectivity index (χ4n) is 4.23. The highest BCUT2D eigenvalue weighted by molar-refractivity contribution is 7.93. The molecule has 1 atom stereocenters. The van der Waals surface area contributed by atoms with Crippen molar-refractivity contribution in [3.8, 4) is 0 Å². The fourth-order valence-corrected chi connectivity index (χ4v) is 5.80. The van der Waals surface area contributed by atoms with E-state index in [9.17, 15) is 13.2 Å². The summed E-state index contributed by atoms with van der Waals surface area (Å²) in [4.78, 5) is 15.0. The first kappa shape index (κ1) is 18.1. The van der Waals surface area contributed by atoms with E-state index in [1.807, 2.05) is 33.7 Å². The zero-order valence-electron chi connectivity index (χ0n) is 15.8. The Balaban J connectivity index is 1.41. The number of rotatable bonds is 3. The van der Waals surface area contributed by atoms with Gasteiger partial charge in [0.25, 0.3) is 5.91 Å². The van der Waals surface area contributed by atoms with Crippen LogP contribution in [0.15, 0.2) is 48.7 Å². The van der Waals surface area contributed by atoms with Gasteiger partial charge in [-0.15, -0.1) is 10.2 Å². The number of hydrogen-bond donors (Lipinski definition) is 0. The number of nitrogens with zero attached hydrogens (tertiary/aromatic N) is 5. The van der Waals surface area contributed by atoms with Crippen molar-refractivity contribution in [2.45, 2.75) is 25.3 Å². The Morgan fingerprint density at radius 3 is 2.59 bits per heavy atom. The van der Waals surface area contributed by atoms with E-state index < -0.39 is 10.0 Å². The summed E-state index contributed by atoms with van der Waals surface area (Å²) in [6.45, 7) is 1.15. The van der Waals surface area contributed by atoms with Crippen molar-refractivity contribution in [2.75, 3.05) is 23.1 Å². The molecule has 3 aromatic rings. The topological polar surface area (TPSA) is 87.9 Å². The molecule has 0 spiro atoms. The third-order valence-electron chi connectivity index (χ3n) is 5.65. The van der Waals surface area contributed by atoms with E-state index in [4.69, 9.17) is 0 Å². The summed E-state index contributed by atoms with van der Waals surface area (Å²) in [7, 11) is -3.23. The summed E-state index contributed by atoms with van der Waals surface area (Å²) in [5.41, 5.74) is 1.92. The third-order valence-corrected chi connectivity index (χ3v) is 7.52. The summed E-state index contributed by atoms with van der Waals surface area (Å²) in [5, 5.41) is 8.54. The van der Waals surface area contributed by atoms with Gasteiger partial charge < -0.3 is 4.90 Å². The molecular formula is C20H21N5O3S. The standard InChI is InChI=1S/C20H21N5O3S/c26-20(15-7-9-16(10-8-15)25-13-4-14-29(25,27)28)23-12-3-5-17(23)19-22-21-18-6-1-2-11-24(18)19/h1-2,6-11,17H,3-5,12-14H2/t17-/m0/s1. The third kappa shape index (κ3) is 3.05. The maximum Gasteiger partial charge on any atom is 0.254 e. The Morgan fingerprint density at radius 2 is 1.83 bits per heavy atom. The average molecular weight is 411 g/mol. The van der Waals surface area contributed by atoms with E-state index in [0.717, 1.165) is 24.3 Å². The number of aromatic nitrogens is 3. The minimum Gasteiger partial charge on any atom is -0.328 e. The van der Waals surface area contributed by atoms with Gasteiger partial charge in [-0.05, 0) is 55.7 Å². The van der Waals surface area contributed by atoms with E-state index in [1.165, 1.54) is 4.31 Å². The van der Waals surface area contributed by atoms with Crippen LogP contribution in [0, 0.1) is 0 Å². The van der Waals surface area contributed by atoms with Gasteiger partial charge in [0.1, 0.15) is 0 Å². The minimum atomic E-state index is -3.23. The largest absolute Gasteiger partial charge is 0.328 e. The molecule has 0 unspecified atom stereocenters. The van der Waals surface area contributed by atoms with E-state index in [-0.39, 0.29) is 17.7 Å². The molecule has 2 aliphatic heterocycles. The molecule has 0 aliphatic carbocycles. The molecule has 0 bridgehead atoms. The lowest BCUT2D eigenvalue weighted by molar-refractivity contribution is 0.0729. The summed E-state index contributed by atoms with van der Waals surface area (Å²) in [6, 6.07) is 12.5. The predicted molar refractivity (Wildman–Crippen MR) is 108 cm³/mol. The van der Waals surface area contributed by atoms with Crippen LogP contribution in [0.5, 0.6) is 0 Å². The number of amides is 1. The van der Waals surface area contributed by atoms with Gasteiger partial charge >= 0.3 is 0 Å². The molecule has 2 aliphatic rings. The van der Waals surface area contributed by atoms with E-state index in [2.05, 4.69) is 10.2 Å². The number of anilines is 1. The van der Waals surface area contributed by atoms with Crippen LogP contribution in [0.4, 0.5) is 5.69 Å². The van der Waals surface area contributed by atoms with Crippen LogP contribution in [-0.2, 0) is 10.0 Å². The lowest BCUT2D eigenvalue weighted by Crippen LogP contribution is -2.31.